The van der Waals surface area contributed by atoms with Crippen molar-refractivity contribution in [3.8, 4) is 0 Å². The number of hydrogen-bond donors (Lipinski definition) is 6. The fourth-order valence-electron chi connectivity index (χ4n) is 0.0913. The number of nitrogens with two attached hydrogens (primary N) is 1. The van der Waals surface area contributed by atoms with Crippen LogP contribution in [-0.4, -0.2) is 44.6 Å². The second-order valence-corrected chi connectivity index (χ2v) is 2.70. The third kappa shape index (κ3) is 481. The third-order valence-electron chi connectivity index (χ3n) is 0.606. The van der Waals surface area contributed by atoms with Gasteiger partial charge < -0.3 is 26.3 Å². The van der Waals surface area contributed by atoms with Gasteiger partial charge in [0.05, 0.1) is 6.17 Å². The van der Waals surface area contributed by atoms with Crippen LogP contribution in [0.15, 0.2) is 0 Å². The van der Waals surface area contributed by atoms with Crippen LogP contribution < -0.4 is 11.2 Å². The summed E-state index contributed by atoms with van der Waals surface area (Å²) in [6, 6.07) is 0. The first-order chi connectivity index (χ1) is 8.00. The average molecular weight is 270 g/mol. The lowest BCUT2D eigenvalue weighted by Gasteiger charge is -2.01. The van der Waals surface area contributed by atoms with E-state index in [1.807, 2.05) is 12.4 Å². The van der Waals surface area contributed by atoms with Gasteiger partial charge in [0.25, 0.3) is 17.9 Å². The number of hydroxylamine groups is 1. The zero-order chi connectivity index (χ0) is 15.7. The van der Waals surface area contributed by atoms with Gasteiger partial charge in [0.2, 0.25) is 0 Å². The fraction of sp³-hybridized carbons (Fsp3) is 0.667. The topological polar surface area (TPSA) is 170 Å². The molecule has 0 fully saturated rings. The van der Waals surface area contributed by atoms with Crippen LogP contribution in [-0.2, 0) is 14.4 Å². The van der Waals surface area contributed by atoms with Gasteiger partial charge in [-0.3, -0.25) is 14.4 Å². The molecule has 9 heteroatoms. The van der Waals surface area contributed by atoms with Crippen LogP contribution in [0.4, 0.5) is 0 Å². The maximum Gasteiger partial charge on any atom is 0.300 e. The van der Waals surface area contributed by atoms with E-state index in [1.54, 1.807) is 0 Å². The molecule has 0 amide bonds. The van der Waals surface area contributed by atoms with Crippen molar-refractivity contribution in [1.29, 1.82) is 0 Å². The van der Waals surface area contributed by atoms with Gasteiger partial charge in [0.1, 0.15) is 0 Å². The molecule has 0 heterocycles. The molecule has 0 aliphatic heterocycles. The van der Waals surface area contributed by atoms with Gasteiger partial charge in [-0.2, -0.15) is 5.48 Å². The Hall–Kier alpha value is -1.71. The standard InChI is InChI=1S/C3H10N2O.3C2H4O2/c1-2-3(4)5-6;3*1-2(3)4/h3,5-6H,2,4H2,1H3;3*1H3,(H,3,4). The summed E-state index contributed by atoms with van der Waals surface area (Å²) in [6.07, 6.45) is 0.487. The summed E-state index contributed by atoms with van der Waals surface area (Å²) in [7, 11) is 0. The summed E-state index contributed by atoms with van der Waals surface area (Å²) in [4.78, 5) is 27.0. The van der Waals surface area contributed by atoms with Gasteiger partial charge in [-0.05, 0) is 6.42 Å². The van der Waals surface area contributed by atoms with Crippen molar-refractivity contribution >= 4 is 17.9 Å². The minimum atomic E-state index is -0.833. The molecule has 0 saturated carbocycles. The number of nitrogens with one attached hydrogen (secondary N) is 1. The van der Waals surface area contributed by atoms with E-state index in [0.29, 0.717) is 0 Å². The van der Waals surface area contributed by atoms with Gasteiger partial charge in [-0.15, -0.1) is 0 Å². The number of aliphatic carboxylic acids is 3. The molecule has 1 unspecified atom stereocenters. The number of carboxylic acid groups (broad SMARTS) is 3. The Bertz CT molecular complexity index is 176. The highest BCUT2D eigenvalue weighted by Crippen LogP contribution is 1.73. The minimum Gasteiger partial charge on any atom is -0.481 e. The zero-order valence-corrected chi connectivity index (χ0v) is 10.9. The Balaban J connectivity index is -0.0000000742. The van der Waals surface area contributed by atoms with E-state index in [4.69, 9.17) is 40.6 Å². The van der Waals surface area contributed by atoms with E-state index in [-0.39, 0.29) is 6.17 Å². The van der Waals surface area contributed by atoms with E-state index in [1.165, 1.54) is 0 Å². The summed E-state index contributed by atoms with van der Waals surface area (Å²) in [5.74, 6) is -2.50. The molecule has 7 N–H and O–H groups in total. The van der Waals surface area contributed by atoms with Gasteiger partial charge in [0, 0.05) is 20.8 Å². The first-order valence-corrected chi connectivity index (χ1v) is 4.74. The summed E-state index contributed by atoms with van der Waals surface area (Å²) >= 11 is 0. The summed E-state index contributed by atoms with van der Waals surface area (Å²) in [6.45, 7) is 5.13. The first-order valence-electron chi connectivity index (χ1n) is 4.74. The Morgan fingerprint density at radius 1 is 1.00 bits per heavy atom. The summed E-state index contributed by atoms with van der Waals surface area (Å²) in [5, 5.41) is 30.2. The molecule has 0 aromatic rings. The molecule has 0 saturated heterocycles. The smallest absolute Gasteiger partial charge is 0.300 e. The predicted octanol–water partition coefficient (Wildman–Crippen LogP) is -0.0673. The molecule has 0 aromatic carbocycles. The lowest BCUT2D eigenvalue weighted by Crippen LogP contribution is -2.33. The van der Waals surface area contributed by atoms with Crippen molar-refractivity contribution in [2.75, 3.05) is 0 Å². The van der Waals surface area contributed by atoms with Crippen molar-refractivity contribution in [3.05, 3.63) is 0 Å². The molecule has 0 rings (SSSR count). The van der Waals surface area contributed by atoms with Crippen LogP contribution in [0.5, 0.6) is 0 Å². The normalized spacial score (nSPS) is 9.00. The van der Waals surface area contributed by atoms with Crippen LogP contribution in [0.25, 0.3) is 0 Å². The second kappa shape index (κ2) is 20.7. The minimum absolute atomic E-state index is 0.259. The van der Waals surface area contributed by atoms with E-state index < -0.39 is 17.9 Å². The summed E-state index contributed by atoms with van der Waals surface area (Å²) in [5.41, 5.74) is 7.00. The van der Waals surface area contributed by atoms with Crippen LogP contribution in [0.2, 0.25) is 0 Å². The van der Waals surface area contributed by atoms with E-state index >= 15 is 0 Å². The average Bonchev–Trinajstić information content (AvgIpc) is 2.13. The van der Waals surface area contributed by atoms with Gasteiger partial charge >= 0.3 is 0 Å². The highest BCUT2D eigenvalue weighted by molar-refractivity contribution is 5.63. The van der Waals surface area contributed by atoms with Crippen molar-refractivity contribution in [2.24, 2.45) is 5.73 Å². The molecule has 0 aliphatic rings. The molecule has 1 atom stereocenters. The number of carbonyl (C=O) groups is 3. The Morgan fingerprint density at radius 3 is 1.17 bits per heavy atom. The largest absolute Gasteiger partial charge is 0.481 e. The zero-order valence-electron chi connectivity index (χ0n) is 10.9. The lowest BCUT2D eigenvalue weighted by molar-refractivity contribution is -0.135. The van der Waals surface area contributed by atoms with Crippen molar-refractivity contribution in [3.63, 3.8) is 0 Å². The number of carboxylic acids is 3. The van der Waals surface area contributed by atoms with Crippen LogP contribution in [0, 0.1) is 0 Å². The first kappa shape index (κ1) is 25.2. The molecule has 0 aliphatic carbocycles. The maximum absolute atomic E-state index is 9.00. The Kier molecular flexibility index (Phi) is 29.0. The summed E-state index contributed by atoms with van der Waals surface area (Å²) < 4.78 is 0. The van der Waals surface area contributed by atoms with Gasteiger partial charge in [-0.1, -0.05) is 6.92 Å². The van der Waals surface area contributed by atoms with Gasteiger partial charge in [0.15, 0.2) is 0 Å². The molecule has 18 heavy (non-hydrogen) atoms. The predicted molar refractivity (Wildman–Crippen MR) is 63.1 cm³/mol. The molecule has 0 spiro atoms. The van der Waals surface area contributed by atoms with E-state index in [2.05, 4.69) is 0 Å². The number of rotatable bonds is 2. The fourth-order valence-corrected chi connectivity index (χ4v) is 0.0913. The monoisotopic (exact) mass is 270 g/mol. The SMILES string of the molecule is CC(=O)O.CC(=O)O.CC(=O)O.CCC(N)NO. The maximum atomic E-state index is 9.00. The molecular formula is C9H22N2O7. The van der Waals surface area contributed by atoms with Crippen LogP contribution in [0.1, 0.15) is 34.1 Å². The molecule has 0 bridgehead atoms. The molecule has 0 aromatic heterocycles. The Labute approximate surface area is 105 Å². The van der Waals surface area contributed by atoms with Crippen molar-refractivity contribution in [2.45, 2.75) is 40.3 Å². The third-order valence-corrected chi connectivity index (χ3v) is 0.606. The van der Waals surface area contributed by atoms with E-state index in [0.717, 1.165) is 27.2 Å². The molecule has 9 nitrogen and oxygen atoms in total. The highest BCUT2D eigenvalue weighted by atomic mass is 16.5. The quantitative estimate of drug-likeness (QED) is 0.297. The van der Waals surface area contributed by atoms with Crippen LogP contribution >= 0.6 is 0 Å². The van der Waals surface area contributed by atoms with Crippen molar-refractivity contribution in [1.82, 2.24) is 5.48 Å². The second-order valence-electron chi connectivity index (χ2n) is 2.70. The lowest BCUT2D eigenvalue weighted by atomic mass is 10.4. The number of hydrogen-bond acceptors (Lipinski definition) is 6. The van der Waals surface area contributed by atoms with Gasteiger partial charge in [-0.25, -0.2) is 0 Å². The van der Waals surface area contributed by atoms with Crippen LogP contribution in [0.3, 0.4) is 0 Å². The highest BCUT2D eigenvalue weighted by Gasteiger charge is 1.88. The van der Waals surface area contributed by atoms with Crippen molar-refractivity contribution < 1.29 is 34.9 Å². The Morgan fingerprint density at radius 2 is 1.17 bits per heavy atom. The molecule has 0 radical (unpaired) electrons. The molecule has 110 valence electrons. The molecular weight excluding hydrogens is 248 g/mol. The van der Waals surface area contributed by atoms with E-state index in [9.17, 15) is 0 Å².